The first-order valence-electron chi connectivity index (χ1n) is 8.47. The van der Waals surface area contributed by atoms with Gasteiger partial charge in [-0.05, 0) is 42.7 Å². The van der Waals surface area contributed by atoms with Gasteiger partial charge in [0, 0.05) is 11.6 Å². The van der Waals surface area contributed by atoms with Gasteiger partial charge in [0.15, 0.2) is 9.84 Å². The first kappa shape index (κ1) is 19.0. The largest absolute Gasteiger partial charge is 0.326 e. The van der Waals surface area contributed by atoms with E-state index in [0.717, 1.165) is 0 Å². The lowest BCUT2D eigenvalue weighted by molar-refractivity contribution is -0.119. The molecule has 1 heterocycles. The molecule has 0 saturated heterocycles. The monoisotopic (exact) mass is 390 g/mol. The van der Waals surface area contributed by atoms with Crippen LogP contribution in [0.1, 0.15) is 18.9 Å². The van der Waals surface area contributed by atoms with E-state index >= 15 is 0 Å². The SMILES string of the molecule is CC(CCc1ccccc1F)C(=O)Nc1ccc2c(c1)S(=O)(=O)CC(=O)N2. The Labute approximate surface area is 156 Å². The number of sulfone groups is 1. The summed E-state index contributed by atoms with van der Waals surface area (Å²) in [4.78, 5) is 23.8. The zero-order valence-corrected chi connectivity index (χ0v) is 15.5. The number of benzene rings is 2. The van der Waals surface area contributed by atoms with Crippen molar-refractivity contribution in [1.82, 2.24) is 0 Å². The van der Waals surface area contributed by atoms with Crippen LogP contribution < -0.4 is 10.6 Å². The van der Waals surface area contributed by atoms with Crippen LogP contribution in [-0.4, -0.2) is 26.0 Å². The van der Waals surface area contributed by atoms with Crippen LogP contribution in [0.5, 0.6) is 0 Å². The van der Waals surface area contributed by atoms with Crippen LogP contribution in [0.25, 0.3) is 0 Å². The van der Waals surface area contributed by atoms with Crippen molar-refractivity contribution in [1.29, 1.82) is 0 Å². The minimum atomic E-state index is -3.73. The lowest BCUT2D eigenvalue weighted by Crippen LogP contribution is -2.29. The molecule has 0 fully saturated rings. The first-order chi connectivity index (χ1) is 12.8. The van der Waals surface area contributed by atoms with Crippen molar-refractivity contribution in [3.63, 3.8) is 0 Å². The number of anilines is 2. The molecule has 1 aliphatic rings. The molecule has 0 spiro atoms. The molecule has 2 N–H and O–H groups in total. The quantitative estimate of drug-likeness (QED) is 0.821. The molecule has 6 nitrogen and oxygen atoms in total. The maximum absolute atomic E-state index is 13.7. The molecule has 0 aromatic heterocycles. The molecule has 0 bridgehead atoms. The van der Waals surface area contributed by atoms with E-state index < -0.39 is 27.4 Å². The molecule has 27 heavy (non-hydrogen) atoms. The van der Waals surface area contributed by atoms with E-state index in [9.17, 15) is 22.4 Å². The van der Waals surface area contributed by atoms with Gasteiger partial charge in [0.1, 0.15) is 11.6 Å². The zero-order valence-electron chi connectivity index (χ0n) is 14.7. The average molecular weight is 390 g/mol. The van der Waals surface area contributed by atoms with E-state index in [1.807, 2.05) is 0 Å². The molecule has 1 unspecified atom stereocenters. The number of carbonyl (C=O) groups is 2. The van der Waals surface area contributed by atoms with E-state index in [-0.39, 0.29) is 22.3 Å². The predicted molar refractivity (Wildman–Crippen MR) is 99.6 cm³/mol. The number of nitrogens with one attached hydrogen (secondary N) is 2. The summed E-state index contributed by atoms with van der Waals surface area (Å²) < 4.78 is 37.9. The Kier molecular flexibility index (Phi) is 5.27. The van der Waals surface area contributed by atoms with Crippen molar-refractivity contribution in [3.05, 3.63) is 53.8 Å². The second-order valence-corrected chi connectivity index (χ2v) is 8.50. The van der Waals surface area contributed by atoms with Gasteiger partial charge in [-0.25, -0.2) is 12.8 Å². The summed E-state index contributed by atoms with van der Waals surface area (Å²) in [5.41, 5.74) is 1.08. The van der Waals surface area contributed by atoms with Crippen molar-refractivity contribution >= 4 is 33.0 Å². The van der Waals surface area contributed by atoms with Gasteiger partial charge in [0.25, 0.3) is 0 Å². The molecule has 1 aliphatic heterocycles. The summed E-state index contributed by atoms with van der Waals surface area (Å²) in [7, 11) is -3.73. The molecule has 0 radical (unpaired) electrons. The van der Waals surface area contributed by atoms with E-state index in [0.29, 0.717) is 24.1 Å². The summed E-state index contributed by atoms with van der Waals surface area (Å²) in [6, 6.07) is 10.7. The van der Waals surface area contributed by atoms with E-state index in [1.54, 1.807) is 25.1 Å². The Balaban J connectivity index is 1.67. The topological polar surface area (TPSA) is 92.3 Å². The number of amides is 2. The van der Waals surface area contributed by atoms with Crippen LogP contribution in [0.15, 0.2) is 47.4 Å². The van der Waals surface area contributed by atoms with Gasteiger partial charge < -0.3 is 10.6 Å². The van der Waals surface area contributed by atoms with Crippen LogP contribution in [-0.2, 0) is 25.8 Å². The van der Waals surface area contributed by atoms with Gasteiger partial charge >= 0.3 is 0 Å². The average Bonchev–Trinajstić information content (AvgIpc) is 2.60. The predicted octanol–water partition coefficient (Wildman–Crippen LogP) is 2.76. The molecule has 3 rings (SSSR count). The van der Waals surface area contributed by atoms with Crippen molar-refractivity contribution in [3.8, 4) is 0 Å². The van der Waals surface area contributed by atoms with Crippen LogP contribution in [0.3, 0.4) is 0 Å². The minimum Gasteiger partial charge on any atom is -0.326 e. The van der Waals surface area contributed by atoms with Crippen LogP contribution in [0, 0.1) is 11.7 Å². The highest BCUT2D eigenvalue weighted by Gasteiger charge is 2.29. The second-order valence-electron chi connectivity index (χ2n) is 6.54. The molecular formula is C19H19FN2O4S. The highest BCUT2D eigenvalue weighted by Crippen LogP contribution is 2.29. The maximum atomic E-state index is 13.7. The molecule has 2 aromatic carbocycles. The number of hydrogen-bond donors (Lipinski definition) is 2. The second kappa shape index (κ2) is 7.48. The Hall–Kier alpha value is -2.74. The molecule has 142 valence electrons. The number of rotatable bonds is 5. The Morgan fingerprint density at radius 3 is 2.74 bits per heavy atom. The van der Waals surface area contributed by atoms with Gasteiger partial charge in [-0.15, -0.1) is 0 Å². The molecule has 1 atom stereocenters. The third-order valence-electron chi connectivity index (χ3n) is 4.43. The zero-order chi connectivity index (χ0) is 19.6. The Morgan fingerprint density at radius 2 is 2.00 bits per heavy atom. The third kappa shape index (κ3) is 4.33. The summed E-state index contributed by atoms with van der Waals surface area (Å²) in [6.07, 6.45) is 0.873. The standard InChI is InChI=1S/C19H19FN2O4S/c1-12(6-7-13-4-2-3-5-15(13)20)19(24)21-14-8-9-16-17(10-14)27(25,26)11-18(23)22-16/h2-5,8-10,12H,6-7,11H2,1H3,(H,21,24)(H,22,23). The molecule has 8 heteroatoms. The number of carbonyl (C=O) groups excluding carboxylic acids is 2. The van der Waals surface area contributed by atoms with Crippen molar-refractivity contribution in [2.24, 2.45) is 5.92 Å². The Bertz CT molecular complexity index is 1000. The summed E-state index contributed by atoms with van der Waals surface area (Å²) in [5.74, 6) is -2.18. The van der Waals surface area contributed by atoms with Crippen LogP contribution in [0.2, 0.25) is 0 Å². The van der Waals surface area contributed by atoms with Crippen LogP contribution in [0.4, 0.5) is 15.8 Å². The van der Waals surface area contributed by atoms with Gasteiger partial charge in [0.05, 0.1) is 10.6 Å². The lowest BCUT2D eigenvalue weighted by Gasteiger charge is -2.19. The number of fused-ring (bicyclic) bond motifs is 1. The maximum Gasteiger partial charge on any atom is 0.239 e. The summed E-state index contributed by atoms with van der Waals surface area (Å²) in [6.45, 7) is 1.73. The van der Waals surface area contributed by atoms with E-state index in [1.165, 1.54) is 24.3 Å². The number of halogens is 1. The number of hydrogen-bond acceptors (Lipinski definition) is 4. The molecule has 0 saturated carbocycles. The van der Waals surface area contributed by atoms with Gasteiger partial charge in [0.2, 0.25) is 11.8 Å². The number of aryl methyl sites for hydroxylation is 1. The molecule has 2 aromatic rings. The minimum absolute atomic E-state index is 0.0149. The normalized spacial score (nSPS) is 16.1. The third-order valence-corrected chi connectivity index (χ3v) is 6.08. The van der Waals surface area contributed by atoms with Gasteiger partial charge in [-0.3, -0.25) is 9.59 Å². The van der Waals surface area contributed by atoms with Gasteiger partial charge in [-0.1, -0.05) is 25.1 Å². The van der Waals surface area contributed by atoms with E-state index in [4.69, 9.17) is 0 Å². The fraction of sp³-hybridized carbons (Fsp3) is 0.263. The Morgan fingerprint density at radius 1 is 1.26 bits per heavy atom. The molecule has 2 amide bonds. The lowest BCUT2D eigenvalue weighted by atomic mass is 10.00. The van der Waals surface area contributed by atoms with E-state index in [2.05, 4.69) is 10.6 Å². The fourth-order valence-corrected chi connectivity index (χ4v) is 4.20. The smallest absolute Gasteiger partial charge is 0.239 e. The fourth-order valence-electron chi connectivity index (χ4n) is 2.87. The summed E-state index contributed by atoms with van der Waals surface area (Å²) >= 11 is 0. The summed E-state index contributed by atoms with van der Waals surface area (Å²) in [5, 5.41) is 5.18. The van der Waals surface area contributed by atoms with Crippen molar-refractivity contribution in [2.45, 2.75) is 24.7 Å². The highest BCUT2D eigenvalue weighted by molar-refractivity contribution is 7.92. The molecular weight excluding hydrogens is 371 g/mol. The van der Waals surface area contributed by atoms with Crippen molar-refractivity contribution in [2.75, 3.05) is 16.4 Å². The van der Waals surface area contributed by atoms with Crippen LogP contribution >= 0.6 is 0 Å². The highest BCUT2D eigenvalue weighted by atomic mass is 32.2. The van der Waals surface area contributed by atoms with Crippen molar-refractivity contribution < 1.29 is 22.4 Å². The molecule has 0 aliphatic carbocycles. The van der Waals surface area contributed by atoms with Gasteiger partial charge in [-0.2, -0.15) is 0 Å². The first-order valence-corrected chi connectivity index (χ1v) is 10.1.